The molecule has 0 radical (unpaired) electrons. The molecule has 2 aliphatic rings. The molecule has 0 amide bonds. The van der Waals surface area contributed by atoms with E-state index in [9.17, 15) is 5.11 Å². The summed E-state index contributed by atoms with van der Waals surface area (Å²) in [7, 11) is 0. The van der Waals surface area contributed by atoms with Crippen LogP contribution in [-0.4, -0.2) is 18.3 Å². The van der Waals surface area contributed by atoms with Gasteiger partial charge < -0.3 is 10.8 Å². The highest BCUT2D eigenvalue weighted by Gasteiger charge is 2.65. The average Bonchev–Trinajstić information content (AvgIpc) is 2.75. The SMILES string of the molecule is NCC1(CO)CC12CCCCC2. The van der Waals surface area contributed by atoms with Crippen molar-refractivity contribution in [2.75, 3.05) is 13.2 Å². The third-order valence-electron chi connectivity index (χ3n) is 4.18. The second-order valence-electron chi connectivity index (χ2n) is 4.66. The van der Waals surface area contributed by atoms with Crippen LogP contribution in [0, 0.1) is 10.8 Å². The van der Waals surface area contributed by atoms with Crippen LogP contribution in [0.1, 0.15) is 38.5 Å². The summed E-state index contributed by atoms with van der Waals surface area (Å²) in [5.41, 5.74) is 6.32. The zero-order chi connectivity index (χ0) is 8.66. The van der Waals surface area contributed by atoms with E-state index in [1.807, 2.05) is 0 Å². The Balaban J connectivity index is 2.05. The molecule has 2 heteroatoms. The summed E-state index contributed by atoms with van der Waals surface area (Å²) in [6, 6.07) is 0. The molecule has 0 heterocycles. The van der Waals surface area contributed by atoms with Crippen molar-refractivity contribution in [1.29, 1.82) is 0 Å². The molecule has 1 atom stereocenters. The van der Waals surface area contributed by atoms with Crippen molar-refractivity contribution in [2.45, 2.75) is 38.5 Å². The summed E-state index contributed by atoms with van der Waals surface area (Å²) in [6.45, 7) is 0.993. The lowest BCUT2D eigenvalue weighted by Crippen LogP contribution is -2.28. The predicted octanol–water partition coefficient (Wildman–Crippen LogP) is 1.28. The first-order valence-corrected chi connectivity index (χ1v) is 5.10. The average molecular weight is 169 g/mol. The van der Waals surface area contributed by atoms with Gasteiger partial charge in [0.05, 0.1) is 6.61 Å². The fraction of sp³-hybridized carbons (Fsp3) is 1.00. The lowest BCUT2D eigenvalue weighted by Gasteiger charge is -2.27. The zero-order valence-electron chi connectivity index (χ0n) is 7.68. The molecule has 12 heavy (non-hydrogen) atoms. The fourth-order valence-electron chi connectivity index (χ4n) is 3.12. The number of aliphatic hydroxyl groups is 1. The van der Waals surface area contributed by atoms with Crippen molar-refractivity contribution in [2.24, 2.45) is 16.6 Å². The van der Waals surface area contributed by atoms with Crippen LogP contribution < -0.4 is 5.73 Å². The lowest BCUT2D eigenvalue weighted by molar-refractivity contribution is 0.152. The first kappa shape index (κ1) is 8.52. The maximum absolute atomic E-state index is 9.29. The van der Waals surface area contributed by atoms with Gasteiger partial charge in [-0.25, -0.2) is 0 Å². The van der Waals surface area contributed by atoms with E-state index in [1.54, 1.807) is 0 Å². The van der Waals surface area contributed by atoms with Crippen molar-refractivity contribution >= 4 is 0 Å². The molecular formula is C10H19NO. The van der Waals surface area contributed by atoms with Gasteiger partial charge in [-0.2, -0.15) is 0 Å². The van der Waals surface area contributed by atoms with Gasteiger partial charge in [0, 0.05) is 12.0 Å². The quantitative estimate of drug-likeness (QED) is 0.654. The molecule has 2 fully saturated rings. The molecule has 2 saturated carbocycles. The minimum Gasteiger partial charge on any atom is -0.396 e. The smallest absolute Gasteiger partial charge is 0.0505 e. The second kappa shape index (κ2) is 2.71. The van der Waals surface area contributed by atoms with E-state index in [0.717, 1.165) is 0 Å². The number of nitrogens with two attached hydrogens (primary N) is 1. The molecule has 0 aliphatic heterocycles. The summed E-state index contributed by atoms with van der Waals surface area (Å²) >= 11 is 0. The highest BCUT2D eigenvalue weighted by molar-refractivity contribution is 5.15. The van der Waals surface area contributed by atoms with E-state index in [-0.39, 0.29) is 5.41 Å². The third kappa shape index (κ3) is 0.944. The molecule has 70 valence electrons. The lowest BCUT2D eigenvalue weighted by atomic mass is 9.80. The van der Waals surface area contributed by atoms with Gasteiger partial charge in [0.2, 0.25) is 0 Å². The molecule has 0 bridgehead atoms. The van der Waals surface area contributed by atoms with Crippen LogP contribution in [0.25, 0.3) is 0 Å². The molecule has 0 saturated heterocycles. The first-order valence-electron chi connectivity index (χ1n) is 5.10. The topological polar surface area (TPSA) is 46.2 Å². The van der Waals surface area contributed by atoms with Gasteiger partial charge in [-0.1, -0.05) is 19.3 Å². The highest BCUT2D eigenvalue weighted by Crippen LogP contribution is 2.69. The van der Waals surface area contributed by atoms with Crippen LogP contribution in [0.15, 0.2) is 0 Å². The Bertz CT molecular complexity index is 169. The third-order valence-corrected chi connectivity index (χ3v) is 4.18. The first-order chi connectivity index (χ1) is 5.79. The van der Waals surface area contributed by atoms with Gasteiger partial charge >= 0.3 is 0 Å². The van der Waals surface area contributed by atoms with Crippen LogP contribution in [0.3, 0.4) is 0 Å². The van der Waals surface area contributed by atoms with Gasteiger partial charge in [-0.15, -0.1) is 0 Å². The fourth-order valence-corrected chi connectivity index (χ4v) is 3.12. The Morgan fingerprint density at radius 3 is 2.25 bits per heavy atom. The molecule has 2 nitrogen and oxygen atoms in total. The summed E-state index contributed by atoms with van der Waals surface area (Å²) in [5.74, 6) is 0. The zero-order valence-corrected chi connectivity index (χ0v) is 7.68. The van der Waals surface area contributed by atoms with Crippen LogP contribution in [0.2, 0.25) is 0 Å². The van der Waals surface area contributed by atoms with Gasteiger partial charge in [0.25, 0.3) is 0 Å². The number of hydrogen-bond acceptors (Lipinski definition) is 2. The molecule has 2 rings (SSSR count). The van der Waals surface area contributed by atoms with Gasteiger partial charge in [0.15, 0.2) is 0 Å². The molecule has 0 aromatic rings. The maximum Gasteiger partial charge on any atom is 0.0505 e. The van der Waals surface area contributed by atoms with Crippen LogP contribution in [0.4, 0.5) is 0 Å². The maximum atomic E-state index is 9.29. The van der Waals surface area contributed by atoms with E-state index in [0.29, 0.717) is 18.6 Å². The summed E-state index contributed by atoms with van der Waals surface area (Å²) < 4.78 is 0. The normalized spacial score (nSPS) is 38.5. The number of rotatable bonds is 2. The van der Waals surface area contributed by atoms with E-state index >= 15 is 0 Å². The predicted molar refractivity (Wildman–Crippen MR) is 48.7 cm³/mol. The van der Waals surface area contributed by atoms with Crippen molar-refractivity contribution in [3.63, 3.8) is 0 Å². The second-order valence-corrected chi connectivity index (χ2v) is 4.66. The molecule has 0 aromatic heterocycles. The van der Waals surface area contributed by atoms with E-state index in [4.69, 9.17) is 5.73 Å². The molecular weight excluding hydrogens is 150 g/mol. The molecule has 2 aliphatic carbocycles. The Morgan fingerprint density at radius 1 is 1.17 bits per heavy atom. The Hall–Kier alpha value is -0.0800. The van der Waals surface area contributed by atoms with Gasteiger partial charge in [-0.3, -0.25) is 0 Å². The van der Waals surface area contributed by atoms with Crippen LogP contribution in [-0.2, 0) is 0 Å². The van der Waals surface area contributed by atoms with Crippen molar-refractivity contribution in [3.8, 4) is 0 Å². The molecule has 3 N–H and O–H groups in total. The Kier molecular flexibility index (Phi) is 1.92. The number of hydrogen-bond donors (Lipinski definition) is 2. The summed E-state index contributed by atoms with van der Waals surface area (Å²) in [5, 5.41) is 9.29. The molecule has 0 aromatic carbocycles. The Labute approximate surface area is 74.1 Å². The van der Waals surface area contributed by atoms with E-state index in [1.165, 1.54) is 38.5 Å². The van der Waals surface area contributed by atoms with Crippen LogP contribution in [0.5, 0.6) is 0 Å². The largest absolute Gasteiger partial charge is 0.396 e. The van der Waals surface area contributed by atoms with E-state index < -0.39 is 0 Å². The monoisotopic (exact) mass is 169 g/mol. The van der Waals surface area contributed by atoms with Gasteiger partial charge in [-0.05, 0) is 24.7 Å². The van der Waals surface area contributed by atoms with Crippen molar-refractivity contribution < 1.29 is 5.11 Å². The highest BCUT2D eigenvalue weighted by atomic mass is 16.3. The minimum atomic E-state index is 0.132. The standard InChI is InChI=1S/C10H19NO/c11-7-10(8-12)6-9(10)4-2-1-3-5-9/h12H,1-8,11H2. The van der Waals surface area contributed by atoms with Gasteiger partial charge in [0.1, 0.15) is 0 Å². The molecule has 1 spiro atoms. The Morgan fingerprint density at radius 2 is 1.83 bits per heavy atom. The molecule has 1 unspecified atom stereocenters. The minimum absolute atomic E-state index is 0.132. The van der Waals surface area contributed by atoms with E-state index in [2.05, 4.69) is 0 Å². The van der Waals surface area contributed by atoms with Crippen molar-refractivity contribution in [3.05, 3.63) is 0 Å². The number of aliphatic hydroxyl groups excluding tert-OH is 1. The van der Waals surface area contributed by atoms with Crippen LogP contribution >= 0.6 is 0 Å². The summed E-state index contributed by atoms with van der Waals surface area (Å²) in [6.07, 6.45) is 7.89. The van der Waals surface area contributed by atoms with Crippen molar-refractivity contribution in [1.82, 2.24) is 0 Å². The summed E-state index contributed by atoms with van der Waals surface area (Å²) in [4.78, 5) is 0.